The van der Waals surface area contributed by atoms with Crippen LogP contribution in [0.4, 0.5) is 0 Å². The third kappa shape index (κ3) is 6.89. The number of aliphatic hydroxyl groups excluding tert-OH is 1. The summed E-state index contributed by atoms with van der Waals surface area (Å²) < 4.78 is 56.9. The fourth-order valence-electron chi connectivity index (χ4n) is 7.25. The van der Waals surface area contributed by atoms with Gasteiger partial charge in [0.15, 0.2) is 0 Å². The molecule has 250 valence electrons. The van der Waals surface area contributed by atoms with Crippen molar-refractivity contribution in [2.24, 2.45) is 17.8 Å². The average Bonchev–Trinajstić information content (AvgIpc) is 3.57. The summed E-state index contributed by atoms with van der Waals surface area (Å²) in [6.07, 6.45) is 9.51. The van der Waals surface area contributed by atoms with E-state index in [1.807, 2.05) is 19.1 Å². The molecular formula is C38H45NO6S2. The zero-order chi connectivity index (χ0) is 33.8. The van der Waals surface area contributed by atoms with Gasteiger partial charge in [0.2, 0.25) is 29.7 Å². The molecule has 0 bridgehead atoms. The van der Waals surface area contributed by atoms with Crippen molar-refractivity contribution in [1.29, 1.82) is 0 Å². The largest absolute Gasteiger partial charge is 0.392 e. The minimum Gasteiger partial charge on any atom is -0.392 e. The fraction of sp³-hybridized carbons (Fsp3) is 0.395. The van der Waals surface area contributed by atoms with Crippen molar-refractivity contribution in [3.63, 3.8) is 0 Å². The van der Waals surface area contributed by atoms with E-state index in [9.17, 15) is 26.7 Å². The van der Waals surface area contributed by atoms with E-state index in [0.717, 1.165) is 31.2 Å². The van der Waals surface area contributed by atoms with Crippen LogP contribution in [0.1, 0.15) is 56.1 Å². The Morgan fingerprint density at radius 3 is 2.09 bits per heavy atom. The number of carbonyl (C=O) groups is 1. The Kier molecular flexibility index (Phi) is 10.6. The normalized spacial score (nSPS) is 21.5. The molecule has 4 atom stereocenters. The monoisotopic (exact) mass is 675 g/mol. The maximum atomic E-state index is 14.8. The highest BCUT2D eigenvalue weighted by atomic mass is 32.3. The molecule has 1 saturated carbocycles. The lowest BCUT2D eigenvalue weighted by Gasteiger charge is -2.33. The maximum absolute atomic E-state index is 14.8. The van der Waals surface area contributed by atoms with Crippen LogP contribution in [0.2, 0.25) is 0 Å². The molecule has 3 aromatic carbocycles. The van der Waals surface area contributed by atoms with Gasteiger partial charge in [0.25, 0.3) is 0 Å². The molecule has 47 heavy (non-hydrogen) atoms. The van der Waals surface area contributed by atoms with E-state index in [1.165, 1.54) is 29.8 Å². The predicted molar refractivity (Wildman–Crippen MR) is 185 cm³/mol. The van der Waals surface area contributed by atoms with E-state index in [2.05, 4.69) is 6.08 Å². The molecule has 0 heterocycles. The van der Waals surface area contributed by atoms with Crippen LogP contribution in [-0.4, -0.2) is 52.9 Å². The summed E-state index contributed by atoms with van der Waals surface area (Å²) in [6.45, 7) is 1.81. The van der Waals surface area contributed by atoms with Crippen LogP contribution >= 0.6 is 0 Å². The Hall–Kier alpha value is -3.53. The van der Waals surface area contributed by atoms with Crippen LogP contribution in [0, 0.1) is 24.7 Å². The minimum atomic E-state index is -4.54. The summed E-state index contributed by atoms with van der Waals surface area (Å²) in [7, 11) is -5.54. The summed E-state index contributed by atoms with van der Waals surface area (Å²) in [5, 5.41) is 11.1. The zero-order valence-corrected chi connectivity index (χ0v) is 29.0. The van der Waals surface area contributed by atoms with E-state index in [4.69, 9.17) is 0 Å². The number of hydrogen-bond donors (Lipinski definition) is 1. The van der Waals surface area contributed by atoms with Crippen LogP contribution in [0.15, 0.2) is 119 Å². The molecule has 7 nitrogen and oxygen atoms in total. The first-order valence-electron chi connectivity index (χ1n) is 16.3. The second-order valence-corrected chi connectivity index (χ2v) is 17.7. The molecule has 2 aliphatic rings. The van der Waals surface area contributed by atoms with Gasteiger partial charge in [0.1, 0.15) is 0 Å². The van der Waals surface area contributed by atoms with Gasteiger partial charge in [-0.05, 0) is 74.3 Å². The lowest BCUT2D eigenvalue weighted by Crippen LogP contribution is -2.43. The molecule has 5 rings (SSSR count). The van der Waals surface area contributed by atoms with Crippen LogP contribution in [0.3, 0.4) is 0 Å². The quantitative estimate of drug-likeness (QED) is 0.161. The Bertz CT molecular complexity index is 1760. The predicted octanol–water partition coefficient (Wildman–Crippen LogP) is 6.63. The van der Waals surface area contributed by atoms with Gasteiger partial charge in [0, 0.05) is 32.9 Å². The summed E-state index contributed by atoms with van der Waals surface area (Å²) >= 11 is 0. The Morgan fingerprint density at radius 2 is 1.51 bits per heavy atom. The van der Waals surface area contributed by atoms with Gasteiger partial charge in [-0.3, -0.25) is 4.79 Å². The molecule has 0 aliphatic heterocycles. The van der Waals surface area contributed by atoms with Crippen LogP contribution < -0.4 is 0 Å². The number of nitrogens with zero attached hydrogens (tertiary/aromatic N) is 1. The lowest BCUT2D eigenvalue weighted by molar-refractivity contribution is -0.128. The van der Waals surface area contributed by atoms with Gasteiger partial charge < -0.3 is 10.0 Å². The number of sulfone groups is 2. The number of rotatable bonds is 13. The number of carbonyl (C=O) groups excluding carboxylic acids is 1. The second kappa shape index (κ2) is 14.3. The van der Waals surface area contributed by atoms with Gasteiger partial charge in [0.05, 0.1) is 15.9 Å². The molecule has 9 heteroatoms. The van der Waals surface area contributed by atoms with Crippen molar-refractivity contribution in [2.45, 2.75) is 71.8 Å². The topological polar surface area (TPSA) is 109 Å². The highest BCUT2D eigenvalue weighted by Crippen LogP contribution is 2.50. The first-order chi connectivity index (χ1) is 22.4. The summed E-state index contributed by atoms with van der Waals surface area (Å²) in [6, 6.07) is 22.3. The third-order valence-electron chi connectivity index (χ3n) is 9.73. The van der Waals surface area contributed by atoms with Gasteiger partial charge in [-0.15, -0.1) is 0 Å². The molecule has 0 spiro atoms. The van der Waals surface area contributed by atoms with Gasteiger partial charge in [-0.2, -0.15) is 0 Å². The van der Waals surface area contributed by atoms with Crippen LogP contribution in [0.25, 0.3) is 0 Å². The van der Waals surface area contributed by atoms with Gasteiger partial charge in [-0.1, -0.05) is 96.4 Å². The Morgan fingerprint density at radius 1 is 0.894 bits per heavy atom. The lowest BCUT2D eigenvalue weighted by atomic mass is 9.88. The first-order valence-corrected chi connectivity index (χ1v) is 19.3. The van der Waals surface area contributed by atoms with E-state index < -0.39 is 29.9 Å². The van der Waals surface area contributed by atoms with Crippen LogP contribution in [-0.2, 0) is 28.5 Å². The molecule has 0 saturated heterocycles. The van der Waals surface area contributed by atoms with Crippen molar-refractivity contribution in [3.8, 4) is 0 Å². The van der Waals surface area contributed by atoms with E-state index >= 15 is 0 Å². The smallest absolute Gasteiger partial charge is 0.222 e. The van der Waals surface area contributed by atoms with E-state index in [0.29, 0.717) is 18.8 Å². The average molecular weight is 676 g/mol. The fourth-order valence-corrected chi connectivity index (χ4v) is 12.3. The summed E-state index contributed by atoms with van der Waals surface area (Å²) in [5.74, 6) is 0.344. The number of aryl methyl sites for hydroxylation is 1. The molecule has 1 amide bonds. The number of aliphatic hydroxyl groups is 1. The number of unbranched alkanes of at least 4 members (excludes halogenated alkanes) is 1. The molecule has 3 aromatic rings. The van der Waals surface area contributed by atoms with E-state index in [-0.39, 0.29) is 39.5 Å². The molecule has 0 aromatic heterocycles. The van der Waals surface area contributed by atoms with Crippen molar-refractivity contribution >= 4 is 25.6 Å². The number of allylic oxidation sites excluding steroid dienone is 2. The molecule has 0 radical (unpaired) electrons. The second-order valence-electron chi connectivity index (χ2n) is 13.1. The highest BCUT2D eigenvalue weighted by Gasteiger charge is 2.57. The van der Waals surface area contributed by atoms with Gasteiger partial charge >= 0.3 is 0 Å². The molecule has 1 unspecified atom stereocenters. The van der Waals surface area contributed by atoms with Crippen molar-refractivity contribution in [3.05, 3.63) is 120 Å². The van der Waals surface area contributed by atoms with Crippen molar-refractivity contribution in [1.82, 2.24) is 4.90 Å². The van der Waals surface area contributed by atoms with Crippen molar-refractivity contribution in [2.75, 3.05) is 14.1 Å². The third-order valence-corrected chi connectivity index (χ3v) is 15.4. The minimum absolute atomic E-state index is 0.0774. The molecule has 1 N–H and O–H groups in total. The summed E-state index contributed by atoms with van der Waals surface area (Å²) in [5.41, 5.74) is 2.13. The van der Waals surface area contributed by atoms with Gasteiger partial charge in [-0.25, -0.2) is 16.8 Å². The SMILES string of the molecule is Cc1cccc(C(C/C=C/[C@H]2[C@H](O)CC3=CC(CCCCC(=O)N(C)C)C[C@H]32)(S(=O)(=O)c2ccccc2)S(=O)(=O)c2ccccc2)c1. The number of hydrogen-bond acceptors (Lipinski definition) is 6. The number of fused-ring (bicyclic) bond motifs is 1. The Labute approximate surface area is 279 Å². The van der Waals surface area contributed by atoms with E-state index in [1.54, 1.807) is 79.7 Å². The summed E-state index contributed by atoms with van der Waals surface area (Å²) in [4.78, 5) is 13.4. The molecular weight excluding hydrogens is 631 g/mol. The molecule has 1 fully saturated rings. The zero-order valence-electron chi connectivity index (χ0n) is 27.3. The standard InChI is InChI=1S/C38H45NO6S2/c1-28-14-12-16-31(24-28)38(46(42,43)32-17-6-4-7-18-32,47(44,45)33-19-8-5-9-20-33)23-13-21-34-35-26-29(25-30(35)27-36(34)40)15-10-11-22-37(41)39(2)3/h4-9,12-14,16-21,24-25,29,34-36,40H,10-11,15,22-23,26-27H2,1-3H3/b21-13+/t29?,34-,35-,36-/m1/s1. The number of amides is 1. The van der Waals surface area contributed by atoms with Crippen LogP contribution in [0.5, 0.6) is 0 Å². The van der Waals surface area contributed by atoms with Crippen molar-refractivity contribution < 1.29 is 26.7 Å². The highest BCUT2D eigenvalue weighted by molar-refractivity contribution is 8.09. The Balaban J connectivity index is 1.49. The first kappa shape index (κ1) is 34.8. The number of benzene rings is 3. The maximum Gasteiger partial charge on any atom is 0.222 e. The molecule has 2 aliphatic carbocycles.